The van der Waals surface area contributed by atoms with Gasteiger partial charge in [0.15, 0.2) is 9.84 Å². The van der Waals surface area contributed by atoms with Crippen LogP contribution in [-0.4, -0.2) is 14.3 Å². The van der Waals surface area contributed by atoms with E-state index in [1.807, 2.05) is 0 Å². The third kappa shape index (κ3) is 2.70. The largest absolute Gasteiger partial charge is 0.366 e. The zero-order valence-electron chi connectivity index (χ0n) is 7.25. The zero-order valence-corrected chi connectivity index (χ0v) is 8.07. The summed E-state index contributed by atoms with van der Waals surface area (Å²) in [4.78, 5) is 10.5. The van der Waals surface area contributed by atoms with Crippen molar-refractivity contribution in [2.75, 3.05) is 0 Å². The predicted molar refractivity (Wildman–Crippen MR) is 52.0 cm³/mol. The van der Waals surface area contributed by atoms with Crippen molar-refractivity contribution in [3.8, 4) is 0 Å². The van der Waals surface area contributed by atoms with E-state index in [0.717, 1.165) is 11.5 Å². The van der Waals surface area contributed by atoms with Gasteiger partial charge in [0.1, 0.15) is 0 Å². The molecule has 1 amide bonds. The average Bonchev–Trinajstić information content (AvgIpc) is 2.16. The summed E-state index contributed by atoms with van der Waals surface area (Å²) >= 11 is 0. The maximum atomic E-state index is 11.4. The normalized spacial score (nSPS) is 11.7. The second-order valence-electron chi connectivity index (χ2n) is 2.56. The fourth-order valence-electron chi connectivity index (χ4n) is 0.845. The van der Waals surface area contributed by atoms with Gasteiger partial charge >= 0.3 is 0 Å². The van der Waals surface area contributed by atoms with Gasteiger partial charge in [-0.05, 0) is 12.1 Å². The fourth-order valence-corrected chi connectivity index (χ4v) is 1.85. The van der Waals surface area contributed by atoms with Crippen molar-refractivity contribution >= 4 is 15.7 Å². The Hall–Kier alpha value is -1.62. The molecule has 74 valence electrons. The molecule has 0 aromatic heterocycles. The van der Waals surface area contributed by atoms with Gasteiger partial charge in [0.2, 0.25) is 5.91 Å². The first-order chi connectivity index (χ1) is 6.52. The molecule has 0 spiro atoms. The Kier molecular flexibility index (Phi) is 3.03. The van der Waals surface area contributed by atoms with E-state index in [-0.39, 0.29) is 4.90 Å². The SMILES string of the molecule is NC(=O)C=CS(=O)(=O)c1ccccc1. The summed E-state index contributed by atoms with van der Waals surface area (Å²) in [5, 5.41) is 0.796. The summed E-state index contributed by atoms with van der Waals surface area (Å²) in [5.74, 6) is -0.787. The number of nitrogens with two attached hydrogens (primary N) is 1. The highest BCUT2D eigenvalue weighted by atomic mass is 32.2. The molecule has 1 aromatic carbocycles. The monoisotopic (exact) mass is 211 g/mol. The molecule has 0 saturated heterocycles. The third-order valence-electron chi connectivity index (χ3n) is 1.48. The van der Waals surface area contributed by atoms with Crippen molar-refractivity contribution in [2.24, 2.45) is 5.73 Å². The highest BCUT2D eigenvalue weighted by Crippen LogP contribution is 2.10. The maximum absolute atomic E-state index is 11.4. The van der Waals surface area contributed by atoms with Crippen LogP contribution in [0.1, 0.15) is 0 Å². The lowest BCUT2D eigenvalue weighted by Gasteiger charge is -1.96. The van der Waals surface area contributed by atoms with Crippen molar-refractivity contribution in [3.05, 3.63) is 41.8 Å². The van der Waals surface area contributed by atoms with Crippen molar-refractivity contribution in [1.29, 1.82) is 0 Å². The number of amides is 1. The minimum atomic E-state index is -3.54. The molecule has 0 aliphatic carbocycles. The molecule has 0 unspecified atom stereocenters. The molecular weight excluding hydrogens is 202 g/mol. The van der Waals surface area contributed by atoms with E-state index in [2.05, 4.69) is 0 Å². The molecule has 14 heavy (non-hydrogen) atoms. The van der Waals surface area contributed by atoms with Crippen molar-refractivity contribution in [3.63, 3.8) is 0 Å². The van der Waals surface area contributed by atoms with Crippen LogP contribution < -0.4 is 5.73 Å². The summed E-state index contributed by atoms with van der Waals surface area (Å²) in [5.41, 5.74) is 4.79. The van der Waals surface area contributed by atoms with Crippen LogP contribution in [0.15, 0.2) is 46.7 Å². The first-order valence-corrected chi connectivity index (χ1v) is 5.34. The highest BCUT2D eigenvalue weighted by molar-refractivity contribution is 7.94. The van der Waals surface area contributed by atoms with Gasteiger partial charge in [0.05, 0.1) is 4.90 Å². The molecular formula is C9H9NO3S. The number of carbonyl (C=O) groups is 1. The fraction of sp³-hybridized carbons (Fsp3) is 0. The quantitative estimate of drug-likeness (QED) is 0.738. The molecule has 4 nitrogen and oxygen atoms in total. The Balaban J connectivity index is 3.05. The van der Waals surface area contributed by atoms with Gasteiger partial charge in [-0.3, -0.25) is 4.79 Å². The lowest BCUT2D eigenvalue weighted by atomic mass is 10.4. The van der Waals surface area contributed by atoms with Gasteiger partial charge in [-0.25, -0.2) is 8.42 Å². The van der Waals surface area contributed by atoms with E-state index in [9.17, 15) is 13.2 Å². The molecule has 0 fully saturated rings. The Labute approximate surface area is 82.0 Å². The van der Waals surface area contributed by atoms with Gasteiger partial charge < -0.3 is 5.73 Å². The number of sulfone groups is 1. The Morgan fingerprint density at radius 1 is 1.21 bits per heavy atom. The summed E-state index contributed by atoms with van der Waals surface area (Å²) in [6.07, 6.45) is 0.822. The van der Waals surface area contributed by atoms with Crippen molar-refractivity contribution in [1.82, 2.24) is 0 Å². The molecule has 0 radical (unpaired) electrons. The topological polar surface area (TPSA) is 77.2 Å². The molecule has 0 atom stereocenters. The highest BCUT2D eigenvalue weighted by Gasteiger charge is 2.08. The maximum Gasteiger partial charge on any atom is 0.242 e. The molecule has 0 saturated carbocycles. The van der Waals surface area contributed by atoms with Crippen LogP contribution in [0.25, 0.3) is 0 Å². The average molecular weight is 211 g/mol. The van der Waals surface area contributed by atoms with E-state index in [4.69, 9.17) is 5.73 Å². The lowest BCUT2D eigenvalue weighted by molar-refractivity contribution is -0.113. The van der Waals surface area contributed by atoms with Crippen LogP contribution in [0.2, 0.25) is 0 Å². The van der Waals surface area contributed by atoms with Crippen LogP contribution in [-0.2, 0) is 14.6 Å². The molecule has 1 aromatic rings. The first kappa shape index (κ1) is 10.5. The predicted octanol–water partition coefficient (Wildman–Crippen LogP) is 0.459. The lowest BCUT2D eigenvalue weighted by Crippen LogP contribution is -2.07. The van der Waals surface area contributed by atoms with Crippen LogP contribution in [0.4, 0.5) is 0 Å². The number of carbonyl (C=O) groups excluding carboxylic acids is 1. The minimum absolute atomic E-state index is 0.137. The van der Waals surface area contributed by atoms with Crippen LogP contribution in [0.3, 0.4) is 0 Å². The summed E-state index contributed by atoms with van der Waals surface area (Å²) < 4.78 is 22.9. The van der Waals surface area contributed by atoms with Gasteiger partial charge in [-0.1, -0.05) is 18.2 Å². The second-order valence-corrected chi connectivity index (χ2v) is 4.40. The van der Waals surface area contributed by atoms with Gasteiger partial charge in [0, 0.05) is 11.5 Å². The summed E-state index contributed by atoms with van der Waals surface area (Å²) in [6.45, 7) is 0. The number of hydrogen-bond donors (Lipinski definition) is 1. The summed E-state index contributed by atoms with van der Waals surface area (Å²) in [6, 6.07) is 7.80. The molecule has 0 bridgehead atoms. The second kappa shape index (κ2) is 4.06. The van der Waals surface area contributed by atoms with Crippen LogP contribution in [0, 0.1) is 0 Å². The number of rotatable bonds is 3. The molecule has 0 heterocycles. The van der Waals surface area contributed by atoms with Gasteiger partial charge in [-0.2, -0.15) is 0 Å². The molecule has 5 heteroatoms. The van der Waals surface area contributed by atoms with Gasteiger partial charge in [0.25, 0.3) is 0 Å². The van der Waals surface area contributed by atoms with E-state index >= 15 is 0 Å². The van der Waals surface area contributed by atoms with E-state index in [1.54, 1.807) is 18.2 Å². The van der Waals surface area contributed by atoms with Gasteiger partial charge in [-0.15, -0.1) is 0 Å². The zero-order chi connectivity index (χ0) is 10.6. The van der Waals surface area contributed by atoms with Crippen LogP contribution in [0.5, 0.6) is 0 Å². The number of primary amides is 1. The third-order valence-corrected chi connectivity index (χ3v) is 2.91. The molecule has 1 rings (SSSR count). The smallest absolute Gasteiger partial charge is 0.242 e. The standard InChI is InChI=1S/C9H9NO3S/c10-9(11)6-7-14(12,13)8-4-2-1-3-5-8/h1-7H,(H2,10,11). The number of hydrogen-bond acceptors (Lipinski definition) is 3. The van der Waals surface area contributed by atoms with E-state index < -0.39 is 15.7 Å². The van der Waals surface area contributed by atoms with E-state index in [0.29, 0.717) is 0 Å². The van der Waals surface area contributed by atoms with Crippen LogP contribution >= 0.6 is 0 Å². The Morgan fingerprint density at radius 2 is 1.79 bits per heavy atom. The minimum Gasteiger partial charge on any atom is -0.366 e. The Morgan fingerprint density at radius 3 is 2.29 bits per heavy atom. The number of benzene rings is 1. The molecule has 2 N–H and O–H groups in total. The molecule has 0 aliphatic rings. The molecule has 0 aliphatic heterocycles. The van der Waals surface area contributed by atoms with E-state index in [1.165, 1.54) is 12.1 Å². The van der Waals surface area contributed by atoms with Crippen molar-refractivity contribution in [2.45, 2.75) is 4.90 Å². The first-order valence-electron chi connectivity index (χ1n) is 3.80. The van der Waals surface area contributed by atoms with Crippen molar-refractivity contribution < 1.29 is 13.2 Å². The Bertz CT molecular complexity index is 448. The summed E-state index contributed by atoms with van der Waals surface area (Å²) in [7, 11) is -3.54.